The highest BCUT2D eigenvalue weighted by Gasteiger charge is 2.15. The average molecular weight is 352 g/mol. The largest absolute Gasteiger partial charge is 0.488 e. The highest BCUT2D eigenvalue weighted by atomic mass is 16.5. The number of carbonyl (C=O) groups excluding carboxylic acids is 2. The molecule has 6 nitrogen and oxygen atoms in total. The lowest BCUT2D eigenvalue weighted by atomic mass is 10.1. The van der Waals surface area contributed by atoms with Crippen molar-refractivity contribution in [2.24, 2.45) is 0 Å². The summed E-state index contributed by atoms with van der Waals surface area (Å²) < 4.78 is 10.8. The Labute approximate surface area is 152 Å². The van der Waals surface area contributed by atoms with E-state index in [2.05, 4.69) is 5.32 Å². The minimum absolute atomic E-state index is 0.204. The van der Waals surface area contributed by atoms with Crippen molar-refractivity contribution in [3.05, 3.63) is 65.2 Å². The molecule has 0 aliphatic heterocycles. The van der Waals surface area contributed by atoms with E-state index in [1.165, 1.54) is 0 Å². The van der Waals surface area contributed by atoms with Gasteiger partial charge in [-0.2, -0.15) is 5.26 Å². The Hall–Kier alpha value is -3.33. The molecule has 2 aromatic carbocycles. The first kappa shape index (κ1) is 19.0. The maximum atomic E-state index is 12.2. The summed E-state index contributed by atoms with van der Waals surface area (Å²) in [7, 11) is 0. The van der Waals surface area contributed by atoms with E-state index in [0.29, 0.717) is 12.4 Å². The number of nitrogens with zero attached hydrogens (tertiary/aromatic N) is 1. The van der Waals surface area contributed by atoms with Gasteiger partial charge in [0.1, 0.15) is 17.9 Å². The summed E-state index contributed by atoms with van der Waals surface area (Å²) in [5.41, 5.74) is 2.37. The Morgan fingerprint density at radius 3 is 2.73 bits per heavy atom. The maximum Gasteiger partial charge on any atom is 0.342 e. The number of hydrogen-bond donors (Lipinski definition) is 1. The fourth-order valence-corrected chi connectivity index (χ4v) is 2.24. The number of carbonyl (C=O) groups is 2. The predicted molar refractivity (Wildman–Crippen MR) is 95.5 cm³/mol. The van der Waals surface area contributed by atoms with Gasteiger partial charge in [-0.3, -0.25) is 4.79 Å². The lowest BCUT2D eigenvalue weighted by molar-refractivity contribution is -0.124. The van der Waals surface area contributed by atoms with E-state index in [9.17, 15) is 9.59 Å². The normalized spacial score (nSPS) is 9.85. The molecule has 0 unspecified atom stereocenters. The number of nitrogens with one attached hydrogen (secondary N) is 1. The molecule has 0 spiro atoms. The molecule has 1 amide bonds. The van der Waals surface area contributed by atoms with Gasteiger partial charge in [0.25, 0.3) is 5.91 Å². The van der Waals surface area contributed by atoms with Crippen molar-refractivity contribution in [3.8, 4) is 11.8 Å². The fraction of sp³-hybridized carbons (Fsp3) is 0.250. The maximum absolute atomic E-state index is 12.2. The lowest BCUT2D eigenvalue weighted by Gasteiger charge is -2.11. The minimum Gasteiger partial charge on any atom is -0.488 e. The van der Waals surface area contributed by atoms with Crippen LogP contribution < -0.4 is 10.1 Å². The molecule has 0 aliphatic rings. The van der Waals surface area contributed by atoms with Crippen LogP contribution in [-0.2, 0) is 16.1 Å². The Morgan fingerprint density at radius 2 is 1.96 bits per heavy atom. The second kappa shape index (κ2) is 9.84. The molecule has 0 heterocycles. The Balaban J connectivity index is 1.93. The molecule has 0 radical (unpaired) electrons. The van der Waals surface area contributed by atoms with Crippen LogP contribution in [0.1, 0.15) is 27.9 Å². The van der Waals surface area contributed by atoms with Crippen LogP contribution in [0.5, 0.6) is 5.75 Å². The molecular weight excluding hydrogens is 332 g/mol. The van der Waals surface area contributed by atoms with Gasteiger partial charge in [0, 0.05) is 6.54 Å². The van der Waals surface area contributed by atoms with Gasteiger partial charge in [0.2, 0.25) is 0 Å². The Morgan fingerprint density at radius 1 is 1.15 bits per heavy atom. The second-order valence-corrected chi connectivity index (χ2v) is 5.61. The zero-order chi connectivity index (χ0) is 18.8. The number of para-hydroxylation sites is 1. The van der Waals surface area contributed by atoms with E-state index < -0.39 is 18.5 Å². The third kappa shape index (κ3) is 5.95. The first-order chi connectivity index (χ1) is 12.6. The van der Waals surface area contributed by atoms with E-state index in [0.717, 1.165) is 11.1 Å². The van der Waals surface area contributed by atoms with Crippen LogP contribution in [0.2, 0.25) is 0 Å². The highest BCUT2D eigenvalue weighted by Crippen LogP contribution is 2.20. The van der Waals surface area contributed by atoms with Crippen molar-refractivity contribution in [1.29, 1.82) is 5.26 Å². The smallest absolute Gasteiger partial charge is 0.342 e. The molecule has 2 aromatic rings. The molecule has 0 fully saturated rings. The number of benzene rings is 2. The number of rotatable bonds is 8. The van der Waals surface area contributed by atoms with Crippen molar-refractivity contribution in [2.75, 3.05) is 13.2 Å². The summed E-state index contributed by atoms with van der Waals surface area (Å²) in [6.07, 6.45) is 0.204. The van der Waals surface area contributed by atoms with Gasteiger partial charge in [-0.05, 0) is 24.6 Å². The highest BCUT2D eigenvalue weighted by molar-refractivity contribution is 5.93. The number of aryl methyl sites for hydroxylation is 1. The van der Waals surface area contributed by atoms with Crippen LogP contribution in [0.25, 0.3) is 0 Å². The molecule has 134 valence electrons. The van der Waals surface area contributed by atoms with Crippen molar-refractivity contribution in [3.63, 3.8) is 0 Å². The molecule has 26 heavy (non-hydrogen) atoms. The minimum atomic E-state index is -0.639. The number of ether oxygens (including phenoxy) is 2. The van der Waals surface area contributed by atoms with Crippen LogP contribution in [0.15, 0.2) is 48.5 Å². The summed E-state index contributed by atoms with van der Waals surface area (Å²) in [5, 5.41) is 10.9. The van der Waals surface area contributed by atoms with E-state index in [4.69, 9.17) is 14.7 Å². The van der Waals surface area contributed by atoms with Crippen LogP contribution in [0.3, 0.4) is 0 Å². The van der Waals surface area contributed by atoms with E-state index in [1.807, 2.05) is 37.3 Å². The quantitative estimate of drug-likeness (QED) is 0.583. The zero-order valence-corrected chi connectivity index (χ0v) is 14.5. The monoisotopic (exact) mass is 352 g/mol. The van der Waals surface area contributed by atoms with Crippen molar-refractivity contribution in [1.82, 2.24) is 5.32 Å². The van der Waals surface area contributed by atoms with Crippen molar-refractivity contribution in [2.45, 2.75) is 20.0 Å². The van der Waals surface area contributed by atoms with Gasteiger partial charge in [0.05, 0.1) is 12.5 Å². The molecule has 0 aromatic heterocycles. The standard InChI is InChI=1S/C20H20N2O4/c1-15-6-4-7-16(12-15)13-25-18-9-3-2-8-17(18)20(24)26-14-19(23)22-11-5-10-21/h2-4,6-9,12H,5,11,13-14H2,1H3,(H,22,23). The lowest BCUT2D eigenvalue weighted by Crippen LogP contribution is -2.29. The second-order valence-electron chi connectivity index (χ2n) is 5.61. The zero-order valence-electron chi connectivity index (χ0n) is 14.5. The SMILES string of the molecule is Cc1cccc(COc2ccccc2C(=O)OCC(=O)NCCC#N)c1. The number of hydrogen-bond acceptors (Lipinski definition) is 5. The Kier molecular flexibility index (Phi) is 7.19. The molecule has 1 N–H and O–H groups in total. The van der Waals surface area contributed by atoms with Gasteiger partial charge in [-0.25, -0.2) is 4.79 Å². The number of esters is 1. The molecule has 0 bridgehead atoms. The molecule has 2 rings (SSSR count). The summed E-state index contributed by atoms with van der Waals surface area (Å²) in [6.45, 7) is 2.14. The summed E-state index contributed by atoms with van der Waals surface area (Å²) in [5.74, 6) is -0.698. The first-order valence-corrected chi connectivity index (χ1v) is 8.18. The fourth-order valence-electron chi connectivity index (χ4n) is 2.24. The third-order valence-corrected chi connectivity index (χ3v) is 3.48. The first-order valence-electron chi connectivity index (χ1n) is 8.18. The van der Waals surface area contributed by atoms with Crippen LogP contribution in [0.4, 0.5) is 0 Å². The van der Waals surface area contributed by atoms with Gasteiger partial charge >= 0.3 is 5.97 Å². The summed E-state index contributed by atoms with van der Waals surface area (Å²) >= 11 is 0. The van der Waals surface area contributed by atoms with Gasteiger partial charge in [-0.15, -0.1) is 0 Å². The third-order valence-electron chi connectivity index (χ3n) is 3.48. The molecule has 0 saturated heterocycles. The number of nitriles is 1. The average Bonchev–Trinajstić information content (AvgIpc) is 2.65. The van der Waals surface area contributed by atoms with Crippen LogP contribution >= 0.6 is 0 Å². The van der Waals surface area contributed by atoms with E-state index >= 15 is 0 Å². The van der Waals surface area contributed by atoms with Gasteiger partial charge < -0.3 is 14.8 Å². The summed E-state index contributed by atoms with van der Waals surface area (Å²) in [4.78, 5) is 23.8. The van der Waals surface area contributed by atoms with E-state index in [1.54, 1.807) is 24.3 Å². The van der Waals surface area contributed by atoms with Gasteiger partial charge in [0.15, 0.2) is 6.61 Å². The van der Waals surface area contributed by atoms with Gasteiger partial charge in [-0.1, -0.05) is 42.0 Å². The topological polar surface area (TPSA) is 88.4 Å². The predicted octanol–water partition coefficient (Wildman–Crippen LogP) is 2.76. The molecule has 0 atom stereocenters. The van der Waals surface area contributed by atoms with Crippen LogP contribution in [-0.4, -0.2) is 25.0 Å². The van der Waals surface area contributed by atoms with Crippen molar-refractivity contribution < 1.29 is 19.1 Å². The van der Waals surface area contributed by atoms with Crippen molar-refractivity contribution >= 4 is 11.9 Å². The Bertz CT molecular complexity index is 811. The summed E-state index contributed by atoms with van der Waals surface area (Å²) in [6, 6.07) is 16.5. The number of amides is 1. The molecule has 0 aliphatic carbocycles. The van der Waals surface area contributed by atoms with E-state index in [-0.39, 0.29) is 18.5 Å². The van der Waals surface area contributed by atoms with Crippen LogP contribution in [0, 0.1) is 18.3 Å². The molecule has 0 saturated carbocycles. The molecule has 6 heteroatoms. The molecular formula is C20H20N2O4.